The lowest BCUT2D eigenvalue weighted by Crippen LogP contribution is -2.14. The average molecular weight is 384 g/mol. The van der Waals surface area contributed by atoms with Gasteiger partial charge < -0.3 is 10.6 Å². The molecule has 0 bridgehead atoms. The predicted molar refractivity (Wildman–Crippen MR) is 101 cm³/mol. The first-order valence-electron chi connectivity index (χ1n) is 7.41. The third-order valence-electron chi connectivity index (χ3n) is 3.34. The van der Waals surface area contributed by atoms with Crippen LogP contribution in [-0.4, -0.2) is 15.9 Å². The fourth-order valence-corrected chi connectivity index (χ4v) is 2.60. The Hall–Kier alpha value is -3.14. The molecule has 26 heavy (non-hydrogen) atoms. The van der Waals surface area contributed by atoms with Crippen molar-refractivity contribution in [3.8, 4) is 6.07 Å². The van der Waals surface area contributed by atoms with Crippen LogP contribution in [0.2, 0.25) is 10.0 Å². The van der Waals surface area contributed by atoms with E-state index >= 15 is 0 Å². The van der Waals surface area contributed by atoms with Crippen molar-refractivity contribution < 1.29 is 4.79 Å². The standard InChI is InChI=1S/C18H11Cl2N5O/c19-12-4-5-15(14(20)7-12)25-17-8-16(22-10-23-17)18(26)24-13-3-1-2-11(6-13)9-21/h1-8,10H,(H,24,26)(H,22,23,25). The van der Waals surface area contributed by atoms with E-state index in [2.05, 4.69) is 20.6 Å². The number of carbonyl (C=O) groups excluding carboxylic acids is 1. The van der Waals surface area contributed by atoms with Crippen molar-refractivity contribution >= 4 is 46.3 Å². The van der Waals surface area contributed by atoms with E-state index in [1.54, 1.807) is 42.5 Å². The SMILES string of the molecule is N#Cc1cccc(NC(=O)c2cc(Nc3ccc(Cl)cc3Cl)ncn2)c1. The Bertz CT molecular complexity index is 1020. The Labute approximate surface area is 159 Å². The van der Waals surface area contributed by atoms with E-state index in [4.69, 9.17) is 28.5 Å². The lowest BCUT2D eigenvalue weighted by atomic mass is 10.2. The van der Waals surface area contributed by atoms with Gasteiger partial charge >= 0.3 is 0 Å². The van der Waals surface area contributed by atoms with Crippen molar-refractivity contribution in [2.24, 2.45) is 0 Å². The summed E-state index contributed by atoms with van der Waals surface area (Å²) in [5.74, 6) is -0.0205. The van der Waals surface area contributed by atoms with Crippen LogP contribution in [0.25, 0.3) is 0 Å². The molecule has 0 spiro atoms. The molecule has 3 rings (SSSR count). The third kappa shape index (κ3) is 4.28. The van der Waals surface area contributed by atoms with Crippen LogP contribution in [0, 0.1) is 11.3 Å². The lowest BCUT2D eigenvalue weighted by molar-refractivity contribution is 0.102. The minimum absolute atomic E-state index is 0.162. The molecule has 0 atom stereocenters. The molecule has 6 nitrogen and oxygen atoms in total. The summed E-state index contributed by atoms with van der Waals surface area (Å²) in [7, 11) is 0. The zero-order chi connectivity index (χ0) is 18.5. The number of nitrogens with one attached hydrogen (secondary N) is 2. The summed E-state index contributed by atoms with van der Waals surface area (Å²) in [6.45, 7) is 0. The van der Waals surface area contributed by atoms with Gasteiger partial charge in [-0.05, 0) is 36.4 Å². The van der Waals surface area contributed by atoms with Crippen molar-refractivity contribution in [2.75, 3.05) is 10.6 Å². The average Bonchev–Trinajstić information content (AvgIpc) is 2.64. The van der Waals surface area contributed by atoms with Gasteiger partial charge in [0.05, 0.1) is 22.3 Å². The van der Waals surface area contributed by atoms with E-state index < -0.39 is 5.91 Å². The Balaban J connectivity index is 1.78. The summed E-state index contributed by atoms with van der Waals surface area (Å²) in [5, 5.41) is 15.6. The quantitative estimate of drug-likeness (QED) is 0.683. The molecule has 1 heterocycles. The van der Waals surface area contributed by atoms with Crippen LogP contribution in [0.3, 0.4) is 0 Å². The van der Waals surface area contributed by atoms with E-state index in [1.807, 2.05) is 6.07 Å². The number of anilines is 3. The van der Waals surface area contributed by atoms with E-state index in [-0.39, 0.29) is 5.69 Å². The highest BCUT2D eigenvalue weighted by Gasteiger charge is 2.11. The largest absolute Gasteiger partial charge is 0.339 e. The summed E-state index contributed by atoms with van der Waals surface area (Å²) >= 11 is 12.0. The van der Waals surface area contributed by atoms with Crippen LogP contribution in [0.5, 0.6) is 0 Å². The maximum Gasteiger partial charge on any atom is 0.274 e. The molecular weight excluding hydrogens is 373 g/mol. The van der Waals surface area contributed by atoms with E-state index in [0.717, 1.165) is 0 Å². The molecule has 1 amide bonds. The number of benzene rings is 2. The monoisotopic (exact) mass is 383 g/mol. The molecule has 128 valence electrons. The molecule has 0 aliphatic rings. The fraction of sp³-hybridized carbons (Fsp3) is 0. The normalized spacial score (nSPS) is 10.0. The van der Waals surface area contributed by atoms with Crippen molar-refractivity contribution in [2.45, 2.75) is 0 Å². The van der Waals surface area contributed by atoms with Crippen molar-refractivity contribution in [1.82, 2.24) is 9.97 Å². The molecule has 0 saturated carbocycles. The van der Waals surface area contributed by atoms with Gasteiger partial charge in [-0.25, -0.2) is 9.97 Å². The highest BCUT2D eigenvalue weighted by molar-refractivity contribution is 6.36. The van der Waals surface area contributed by atoms with Crippen molar-refractivity contribution in [3.05, 3.63) is 76.2 Å². The molecule has 0 unspecified atom stereocenters. The highest BCUT2D eigenvalue weighted by Crippen LogP contribution is 2.27. The fourth-order valence-electron chi connectivity index (χ4n) is 2.14. The van der Waals surface area contributed by atoms with Gasteiger partial charge in [0, 0.05) is 16.8 Å². The number of nitrogens with zero attached hydrogens (tertiary/aromatic N) is 3. The molecule has 3 aromatic rings. The highest BCUT2D eigenvalue weighted by atomic mass is 35.5. The molecule has 0 fully saturated rings. The number of hydrogen-bond donors (Lipinski definition) is 2. The summed E-state index contributed by atoms with van der Waals surface area (Å²) in [6.07, 6.45) is 1.27. The first-order chi connectivity index (χ1) is 12.5. The molecule has 8 heteroatoms. The van der Waals surface area contributed by atoms with Gasteiger partial charge in [0.2, 0.25) is 0 Å². The second kappa shape index (κ2) is 7.83. The molecule has 0 radical (unpaired) electrons. The Morgan fingerprint density at radius 2 is 1.92 bits per heavy atom. The van der Waals surface area contributed by atoms with Crippen molar-refractivity contribution in [3.63, 3.8) is 0 Å². The summed E-state index contributed by atoms with van der Waals surface area (Å²) in [5.41, 5.74) is 1.71. The third-order valence-corrected chi connectivity index (χ3v) is 3.89. The van der Waals surface area contributed by atoms with Crippen LogP contribution in [0.4, 0.5) is 17.2 Å². The topological polar surface area (TPSA) is 90.7 Å². The van der Waals surface area contributed by atoms with Crippen LogP contribution in [0.1, 0.15) is 16.1 Å². The van der Waals surface area contributed by atoms with E-state index in [0.29, 0.717) is 32.8 Å². The number of halogens is 2. The Morgan fingerprint density at radius 1 is 1.08 bits per heavy atom. The number of aromatic nitrogens is 2. The lowest BCUT2D eigenvalue weighted by Gasteiger charge is -2.09. The maximum absolute atomic E-state index is 12.4. The van der Waals surface area contributed by atoms with Crippen LogP contribution >= 0.6 is 23.2 Å². The van der Waals surface area contributed by atoms with E-state index in [1.165, 1.54) is 12.4 Å². The summed E-state index contributed by atoms with van der Waals surface area (Å²) in [4.78, 5) is 20.4. The number of hydrogen-bond acceptors (Lipinski definition) is 5. The molecule has 0 aliphatic carbocycles. The Morgan fingerprint density at radius 3 is 2.69 bits per heavy atom. The number of carbonyl (C=O) groups is 1. The first-order valence-corrected chi connectivity index (χ1v) is 8.16. The first kappa shape index (κ1) is 17.7. The number of rotatable bonds is 4. The second-order valence-corrected chi connectivity index (χ2v) is 6.03. The minimum atomic E-state index is -0.423. The van der Waals surface area contributed by atoms with Gasteiger partial charge in [-0.2, -0.15) is 5.26 Å². The van der Waals surface area contributed by atoms with E-state index in [9.17, 15) is 4.79 Å². The molecule has 0 aliphatic heterocycles. The van der Waals surface area contributed by atoms with Gasteiger partial charge in [0.1, 0.15) is 17.8 Å². The van der Waals surface area contributed by atoms with Crippen LogP contribution < -0.4 is 10.6 Å². The van der Waals surface area contributed by atoms with Crippen LogP contribution in [0.15, 0.2) is 54.9 Å². The van der Waals surface area contributed by atoms with Gasteiger partial charge in [-0.15, -0.1) is 0 Å². The minimum Gasteiger partial charge on any atom is -0.339 e. The summed E-state index contributed by atoms with van der Waals surface area (Å²) < 4.78 is 0. The van der Waals surface area contributed by atoms with Gasteiger partial charge in [-0.3, -0.25) is 4.79 Å². The van der Waals surface area contributed by atoms with Gasteiger partial charge in [0.25, 0.3) is 5.91 Å². The number of nitriles is 1. The van der Waals surface area contributed by atoms with Gasteiger partial charge in [0.15, 0.2) is 0 Å². The molecule has 1 aromatic heterocycles. The van der Waals surface area contributed by atoms with Gasteiger partial charge in [-0.1, -0.05) is 29.3 Å². The zero-order valence-corrected chi connectivity index (χ0v) is 14.7. The van der Waals surface area contributed by atoms with Crippen LogP contribution in [-0.2, 0) is 0 Å². The molecule has 0 saturated heterocycles. The van der Waals surface area contributed by atoms with Crippen molar-refractivity contribution in [1.29, 1.82) is 5.26 Å². The second-order valence-electron chi connectivity index (χ2n) is 5.18. The molecule has 2 aromatic carbocycles. The summed E-state index contributed by atoms with van der Waals surface area (Å²) in [6, 6.07) is 15.1. The maximum atomic E-state index is 12.4. The smallest absolute Gasteiger partial charge is 0.274 e. The number of amides is 1. The Kier molecular flexibility index (Phi) is 5.32. The zero-order valence-electron chi connectivity index (χ0n) is 13.2. The molecule has 2 N–H and O–H groups in total. The molecular formula is C18H11Cl2N5O. The predicted octanol–water partition coefficient (Wildman–Crippen LogP) is 4.65.